The molecule has 0 spiro atoms. The number of halogens is 2. The summed E-state index contributed by atoms with van der Waals surface area (Å²) in [5.41, 5.74) is 0. The van der Waals surface area contributed by atoms with Gasteiger partial charge in [0.25, 0.3) is 0 Å². The standard InChI is InChI=1S/C11H23N3.2ClH/c1-4-12-5-2-11(1)3-8-14-9-6-13-7-10-14;;/h11-13H,1-10H2;2*1H. The summed E-state index contributed by atoms with van der Waals surface area (Å²) in [6.07, 6.45) is 4.21. The highest BCUT2D eigenvalue weighted by Gasteiger charge is 2.15. The topological polar surface area (TPSA) is 27.3 Å². The van der Waals surface area contributed by atoms with Crippen molar-refractivity contribution >= 4 is 24.8 Å². The number of piperazine rings is 1. The van der Waals surface area contributed by atoms with Crippen molar-refractivity contribution in [2.75, 3.05) is 45.8 Å². The molecular weight excluding hydrogens is 245 g/mol. The number of hydrogen-bond acceptors (Lipinski definition) is 3. The quantitative estimate of drug-likeness (QED) is 0.805. The third kappa shape index (κ3) is 5.69. The Morgan fingerprint density at radius 1 is 0.875 bits per heavy atom. The van der Waals surface area contributed by atoms with Crippen LogP contribution in [0.4, 0.5) is 0 Å². The molecule has 2 rings (SSSR count). The van der Waals surface area contributed by atoms with E-state index in [1.54, 1.807) is 0 Å². The Morgan fingerprint density at radius 2 is 1.44 bits per heavy atom. The molecule has 5 heteroatoms. The van der Waals surface area contributed by atoms with Crippen LogP contribution in [0.5, 0.6) is 0 Å². The molecule has 0 aromatic heterocycles. The molecule has 0 radical (unpaired) electrons. The summed E-state index contributed by atoms with van der Waals surface area (Å²) in [7, 11) is 0. The summed E-state index contributed by atoms with van der Waals surface area (Å²) < 4.78 is 0. The predicted molar refractivity (Wildman–Crippen MR) is 74.0 cm³/mol. The van der Waals surface area contributed by atoms with E-state index in [1.807, 2.05) is 0 Å². The van der Waals surface area contributed by atoms with Crippen LogP contribution in [-0.2, 0) is 0 Å². The first-order valence-electron chi connectivity index (χ1n) is 6.09. The van der Waals surface area contributed by atoms with E-state index >= 15 is 0 Å². The number of piperidine rings is 1. The summed E-state index contributed by atoms with van der Waals surface area (Å²) in [5.74, 6) is 0.992. The van der Waals surface area contributed by atoms with Gasteiger partial charge < -0.3 is 15.5 Å². The van der Waals surface area contributed by atoms with Gasteiger partial charge in [0.05, 0.1) is 0 Å². The largest absolute Gasteiger partial charge is 0.317 e. The monoisotopic (exact) mass is 269 g/mol. The Balaban J connectivity index is 0.00000112. The maximum absolute atomic E-state index is 3.43. The second-order valence-corrected chi connectivity index (χ2v) is 4.57. The third-order valence-corrected chi connectivity index (χ3v) is 3.52. The van der Waals surface area contributed by atoms with E-state index in [4.69, 9.17) is 0 Å². The minimum atomic E-state index is 0. The zero-order valence-electron chi connectivity index (χ0n) is 9.91. The third-order valence-electron chi connectivity index (χ3n) is 3.52. The predicted octanol–water partition coefficient (Wildman–Crippen LogP) is 1.12. The molecule has 98 valence electrons. The van der Waals surface area contributed by atoms with Gasteiger partial charge in [0.1, 0.15) is 0 Å². The van der Waals surface area contributed by atoms with Crippen LogP contribution >= 0.6 is 24.8 Å². The second kappa shape index (κ2) is 9.49. The molecule has 0 aromatic rings. The summed E-state index contributed by atoms with van der Waals surface area (Å²) in [6, 6.07) is 0. The fourth-order valence-electron chi connectivity index (χ4n) is 2.47. The lowest BCUT2D eigenvalue weighted by molar-refractivity contribution is 0.213. The molecule has 0 amide bonds. The Morgan fingerprint density at radius 3 is 2.06 bits per heavy atom. The van der Waals surface area contributed by atoms with Gasteiger partial charge in [0, 0.05) is 26.2 Å². The van der Waals surface area contributed by atoms with Crippen molar-refractivity contribution in [3.05, 3.63) is 0 Å². The minimum Gasteiger partial charge on any atom is -0.317 e. The Hall–Kier alpha value is 0.460. The van der Waals surface area contributed by atoms with Crippen LogP contribution < -0.4 is 10.6 Å². The van der Waals surface area contributed by atoms with E-state index in [-0.39, 0.29) is 24.8 Å². The van der Waals surface area contributed by atoms with Gasteiger partial charge in [-0.3, -0.25) is 0 Å². The Kier molecular flexibility index (Phi) is 9.76. The molecule has 0 bridgehead atoms. The van der Waals surface area contributed by atoms with Gasteiger partial charge in [0.15, 0.2) is 0 Å². The van der Waals surface area contributed by atoms with E-state index in [0.29, 0.717) is 0 Å². The highest BCUT2D eigenvalue weighted by atomic mass is 35.5. The van der Waals surface area contributed by atoms with Crippen LogP contribution in [0.2, 0.25) is 0 Å². The van der Waals surface area contributed by atoms with Crippen LogP contribution in [0.3, 0.4) is 0 Å². The van der Waals surface area contributed by atoms with Gasteiger partial charge in [-0.2, -0.15) is 0 Å². The van der Waals surface area contributed by atoms with Gasteiger partial charge in [0.2, 0.25) is 0 Å². The van der Waals surface area contributed by atoms with Crippen molar-refractivity contribution in [2.24, 2.45) is 5.92 Å². The highest BCUT2D eigenvalue weighted by molar-refractivity contribution is 5.85. The number of hydrogen-bond donors (Lipinski definition) is 2. The molecule has 0 atom stereocenters. The fraction of sp³-hybridized carbons (Fsp3) is 1.00. The molecule has 16 heavy (non-hydrogen) atoms. The van der Waals surface area contributed by atoms with Crippen molar-refractivity contribution in [3.63, 3.8) is 0 Å². The van der Waals surface area contributed by atoms with E-state index < -0.39 is 0 Å². The van der Waals surface area contributed by atoms with Crippen LogP contribution in [0.25, 0.3) is 0 Å². The van der Waals surface area contributed by atoms with Gasteiger partial charge >= 0.3 is 0 Å². The van der Waals surface area contributed by atoms with E-state index in [0.717, 1.165) is 5.92 Å². The van der Waals surface area contributed by atoms with Crippen LogP contribution in [-0.4, -0.2) is 50.7 Å². The second-order valence-electron chi connectivity index (χ2n) is 4.57. The molecule has 2 aliphatic rings. The van der Waals surface area contributed by atoms with Crippen molar-refractivity contribution in [2.45, 2.75) is 19.3 Å². The normalized spacial score (nSPS) is 23.2. The van der Waals surface area contributed by atoms with Crippen molar-refractivity contribution in [3.8, 4) is 0 Å². The molecule has 0 aliphatic carbocycles. The molecule has 2 N–H and O–H groups in total. The molecule has 2 heterocycles. The average molecular weight is 270 g/mol. The minimum absolute atomic E-state index is 0. The highest BCUT2D eigenvalue weighted by Crippen LogP contribution is 2.16. The lowest BCUT2D eigenvalue weighted by Gasteiger charge is -2.30. The number of nitrogens with one attached hydrogen (secondary N) is 2. The number of rotatable bonds is 3. The first-order valence-corrected chi connectivity index (χ1v) is 6.09. The average Bonchev–Trinajstić information content (AvgIpc) is 2.29. The van der Waals surface area contributed by atoms with Crippen LogP contribution in [0.1, 0.15) is 19.3 Å². The smallest absolute Gasteiger partial charge is 0.0107 e. The zero-order valence-corrected chi connectivity index (χ0v) is 11.5. The van der Waals surface area contributed by atoms with E-state index in [9.17, 15) is 0 Å². The van der Waals surface area contributed by atoms with Crippen molar-refractivity contribution in [1.29, 1.82) is 0 Å². The molecular formula is C11H25Cl2N3. The summed E-state index contributed by atoms with van der Waals surface area (Å²) in [4.78, 5) is 2.61. The van der Waals surface area contributed by atoms with E-state index in [1.165, 1.54) is 65.1 Å². The first-order chi connectivity index (χ1) is 6.95. The molecule has 0 saturated carbocycles. The number of nitrogens with zero attached hydrogens (tertiary/aromatic N) is 1. The molecule has 2 fully saturated rings. The van der Waals surface area contributed by atoms with Crippen LogP contribution in [0, 0.1) is 5.92 Å². The van der Waals surface area contributed by atoms with Crippen LogP contribution in [0.15, 0.2) is 0 Å². The van der Waals surface area contributed by atoms with Crippen molar-refractivity contribution < 1.29 is 0 Å². The summed E-state index contributed by atoms with van der Waals surface area (Å²) in [5, 5.41) is 6.83. The van der Waals surface area contributed by atoms with E-state index in [2.05, 4.69) is 15.5 Å². The zero-order chi connectivity index (χ0) is 9.64. The first kappa shape index (κ1) is 16.5. The molecule has 2 aliphatic heterocycles. The Bertz CT molecular complexity index is 139. The van der Waals surface area contributed by atoms with Gasteiger partial charge in [-0.05, 0) is 44.8 Å². The molecule has 3 nitrogen and oxygen atoms in total. The summed E-state index contributed by atoms with van der Waals surface area (Å²) >= 11 is 0. The SMILES string of the molecule is C1CC(CCN2CCNCC2)CCN1.Cl.Cl. The maximum Gasteiger partial charge on any atom is 0.0107 e. The maximum atomic E-state index is 3.43. The molecule has 0 unspecified atom stereocenters. The fourth-order valence-corrected chi connectivity index (χ4v) is 2.47. The van der Waals surface area contributed by atoms with Crippen molar-refractivity contribution in [1.82, 2.24) is 15.5 Å². The lowest BCUT2D eigenvalue weighted by atomic mass is 9.94. The Labute approximate surface area is 112 Å². The van der Waals surface area contributed by atoms with Gasteiger partial charge in [-0.1, -0.05) is 0 Å². The molecule has 2 saturated heterocycles. The lowest BCUT2D eigenvalue weighted by Crippen LogP contribution is -2.44. The summed E-state index contributed by atoms with van der Waals surface area (Å²) in [6.45, 7) is 8.69. The molecule has 0 aromatic carbocycles. The van der Waals surface area contributed by atoms with Gasteiger partial charge in [-0.15, -0.1) is 24.8 Å². The van der Waals surface area contributed by atoms with Gasteiger partial charge in [-0.25, -0.2) is 0 Å².